The third-order valence-electron chi connectivity index (χ3n) is 5.26. The lowest BCUT2D eigenvalue weighted by atomic mass is 10.1. The van der Waals surface area contributed by atoms with E-state index >= 15 is 0 Å². The Balaban J connectivity index is 0.00000324. The summed E-state index contributed by atoms with van der Waals surface area (Å²) in [6.07, 6.45) is 0.942. The van der Waals surface area contributed by atoms with Crippen LogP contribution in [-0.2, 0) is 4.74 Å². The van der Waals surface area contributed by atoms with Crippen LogP contribution < -0.4 is 15.4 Å². The summed E-state index contributed by atoms with van der Waals surface area (Å²) in [5.41, 5.74) is 0.988. The SMILES string of the molecule is COc1cc(NC(=O)c2ccccc2F)ccc1-c1nnc(NCCCN2CCOCC2)o1.Cl. The molecule has 1 amide bonds. The monoisotopic (exact) mass is 491 g/mol. The number of carbonyl (C=O) groups excluding carboxylic acids is 1. The molecule has 3 aromatic rings. The lowest BCUT2D eigenvalue weighted by Gasteiger charge is -2.26. The topological polar surface area (TPSA) is 102 Å². The molecule has 0 spiro atoms. The van der Waals surface area contributed by atoms with Crippen LogP contribution >= 0.6 is 12.4 Å². The van der Waals surface area contributed by atoms with E-state index in [1.807, 2.05) is 0 Å². The quantitative estimate of drug-likeness (QED) is 0.437. The largest absolute Gasteiger partial charge is 0.496 e. The van der Waals surface area contributed by atoms with Crippen LogP contribution in [0.1, 0.15) is 16.8 Å². The van der Waals surface area contributed by atoms with Crippen LogP contribution in [0, 0.1) is 5.82 Å². The van der Waals surface area contributed by atoms with Crippen molar-refractivity contribution < 1.29 is 23.1 Å². The smallest absolute Gasteiger partial charge is 0.315 e. The lowest BCUT2D eigenvalue weighted by molar-refractivity contribution is 0.0378. The first-order valence-corrected chi connectivity index (χ1v) is 10.8. The Morgan fingerprint density at radius 1 is 1.18 bits per heavy atom. The number of hydrogen-bond acceptors (Lipinski definition) is 8. The fourth-order valence-electron chi connectivity index (χ4n) is 3.52. The molecule has 0 radical (unpaired) electrons. The molecule has 1 aliphatic rings. The highest BCUT2D eigenvalue weighted by atomic mass is 35.5. The van der Waals surface area contributed by atoms with Gasteiger partial charge >= 0.3 is 6.01 Å². The molecule has 1 aromatic heterocycles. The molecule has 182 valence electrons. The van der Waals surface area contributed by atoms with Crippen molar-refractivity contribution in [2.24, 2.45) is 0 Å². The average molecular weight is 492 g/mol. The summed E-state index contributed by atoms with van der Waals surface area (Å²) >= 11 is 0. The van der Waals surface area contributed by atoms with E-state index in [2.05, 4.69) is 25.7 Å². The second-order valence-electron chi connectivity index (χ2n) is 7.50. The zero-order chi connectivity index (χ0) is 23.0. The number of nitrogens with one attached hydrogen (secondary N) is 2. The molecule has 9 nitrogen and oxygen atoms in total. The standard InChI is InChI=1S/C23H26FN5O4.ClH/c1-31-20-15-16(26-21(30)17-5-2-3-6-19(17)24)7-8-18(20)22-27-28-23(33-22)25-9-4-10-29-11-13-32-14-12-29;/h2-3,5-8,15H,4,9-14H2,1H3,(H,25,28)(H,26,30);1H. The fourth-order valence-corrected chi connectivity index (χ4v) is 3.52. The highest BCUT2D eigenvalue weighted by Gasteiger charge is 2.17. The fraction of sp³-hybridized carbons (Fsp3) is 0.348. The van der Waals surface area contributed by atoms with Crippen molar-refractivity contribution in [3.8, 4) is 17.2 Å². The number of ether oxygens (including phenoxy) is 2. The number of nitrogens with zero attached hydrogens (tertiary/aromatic N) is 3. The van der Waals surface area contributed by atoms with Gasteiger partial charge in [0.15, 0.2) is 0 Å². The summed E-state index contributed by atoms with van der Waals surface area (Å²) < 4.78 is 30.4. The minimum absolute atomic E-state index is 0. The number of aromatic nitrogens is 2. The summed E-state index contributed by atoms with van der Waals surface area (Å²) in [6, 6.07) is 11.1. The molecule has 4 rings (SSSR count). The molecule has 1 aliphatic heterocycles. The first-order chi connectivity index (χ1) is 16.1. The van der Waals surface area contributed by atoms with E-state index in [0.717, 1.165) is 39.3 Å². The van der Waals surface area contributed by atoms with Crippen LogP contribution in [0.3, 0.4) is 0 Å². The summed E-state index contributed by atoms with van der Waals surface area (Å²) in [4.78, 5) is 14.7. The van der Waals surface area contributed by atoms with E-state index in [9.17, 15) is 9.18 Å². The van der Waals surface area contributed by atoms with Gasteiger partial charge in [-0.2, -0.15) is 0 Å². The van der Waals surface area contributed by atoms with Crippen molar-refractivity contribution >= 4 is 30.0 Å². The van der Waals surface area contributed by atoms with Gasteiger partial charge in [-0.05, 0) is 37.2 Å². The van der Waals surface area contributed by atoms with E-state index in [1.165, 1.54) is 25.3 Å². The Kier molecular flexibility index (Phi) is 9.20. The zero-order valence-electron chi connectivity index (χ0n) is 18.8. The number of carbonyl (C=O) groups is 1. The molecule has 0 atom stereocenters. The van der Waals surface area contributed by atoms with Crippen molar-refractivity contribution in [2.45, 2.75) is 6.42 Å². The van der Waals surface area contributed by atoms with Crippen LogP contribution in [0.25, 0.3) is 11.5 Å². The van der Waals surface area contributed by atoms with Gasteiger partial charge in [0.2, 0.25) is 0 Å². The second-order valence-corrected chi connectivity index (χ2v) is 7.50. The maximum absolute atomic E-state index is 13.9. The molecule has 0 aliphatic carbocycles. The van der Waals surface area contributed by atoms with Gasteiger partial charge in [-0.3, -0.25) is 9.69 Å². The second kappa shape index (κ2) is 12.3. The molecule has 1 fully saturated rings. The van der Waals surface area contributed by atoms with Crippen LogP contribution in [0.2, 0.25) is 0 Å². The predicted molar refractivity (Wildman–Crippen MR) is 128 cm³/mol. The third kappa shape index (κ3) is 6.43. The number of morpholine rings is 1. The maximum Gasteiger partial charge on any atom is 0.315 e. The molecule has 2 N–H and O–H groups in total. The van der Waals surface area contributed by atoms with E-state index in [1.54, 1.807) is 24.3 Å². The van der Waals surface area contributed by atoms with E-state index in [4.69, 9.17) is 13.9 Å². The van der Waals surface area contributed by atoms with Crippen LogP contribution in [0.15, 0.2) is 46.9 Å². The molecule has 34 heavy (non-hydrogen) atoms. The number of hydrogen-bond donors (Lipinski definition) is 2. The molecular weight excluding hydrogens is 465 g/mol. The molecule has 11 heteroatoms. The van der Waals surface area contributed by atoms with E-state index in [0.29, 0.717) is 29.6 Å². The van der Waals surface area contributed by atoms with Crippen LogP contribution in [-0.4, -0.2) is 67.5 Å². The molecule has 2 heterocycles. The zero-order valence-corrected chi connectivity index (χ0v) is 19.6. The van der Waals surface area contributed by atoms with Gasteiger partial charge < -0.3 is 24.5 Å². The highest BCUT2D eigenvalue weighted by molar-refractivity contribution is 6.04. The molecular formula is C23H27ClFN5O4. The van der Waals surface area contributed by atoms with Gasteiger partial charge in [-0.25, -0.2) is 4.39 Å². The summed E-state index contributed by atoms with van der Waals surface area (Å²) in [6.45, 7) is 5.17. The first-order valence-electron chi connectivity index (χ1n) is 10.8. The van der Waals surface area contributed by atoms with Crippen molar-refractivity contribution in [3.05, 3.63) is 53.8 Å². The summed E-state index contributed by atoms with van der Waals surface area (Å²) in [7, 11) is 1.50. The number of benzene rings is 2. The van der Waals surface area contributed by atoms with Crippen molar-refractivity contribution in [1.82, 2.24) is 15.1 Å². The number of halogens is 2. The Morgan fingerprint density at radius 2 is 1.97 bits per heavy atom. The molecule has 2 aromatic carbocycles. The molecule has 0 bridgehead atoms. The normalized spacial score (nSPS) is 13.7. The molecule has 0 saturated carbocycles. The lowest BCUT2D eigenvalue weighted by Crippen LogP contribution is -2.37. The van der Waals surface area contributed by atoms with Gasteiger partial charge in [0.25, 0.3) is 11.8 Å². The summed E-state index contributed by atoms with van der Waals surface area (Å²) in [5, 5.41) is 13.9. The van der Waals surface area contributed by atoms with Gasteiger partial charge in [-0.15, -0.1) is 17.5 Å². The van der Waals surface area contributed by atoms with Crippen molar-refractivity contribution in [1.29, 1.82) is 0 Å². The van der Waals surface area contributed by atoms with E-state index in [-0.39, 0.29) is 23.9 Å². The summed E-state index contributed by atoms with van der Waals surface area (Å²) in [5.74, 6) is -0.419. The number of rotatable bonds is 9. The number of methoxy groups -OCH3 is 1. The highest BCUT2D eigenvalue weighted by Crippen LogP contribution is 2.32. The van der Waals surface area contributed by atoms with Gasteiger partial charge in [0.05, 0.1) is 31.5 Å². The van der Waals surface area contributed by atoms with Crippen LogP contribution in [0.4, 0.5) is 16.1 Å². The third-order valence-corrected chi connectivity index (χ3v) is 5.26. The molecule has 0 unspecified atom stereocenters. The van der Waals surface area contributed by atoms with Gasteiger partial charge in [-0.1, -0.05) is 17.2 Å². The predicted octanol–water partition coefficient (Wildman–Crippen LogP) is 3.69. The number of anilines is 2. The average Bonchev–Trinajstić information content (AvgIpc) is 3.31. The Bertz CT molecular complexity index is 1090. The van der Waals surface area contributed by atoms with Crippen molar-refractivity contribution in [2.75, 3.05) is 57.1 Å². The minimum atomic E-state index is -0.589. The first kappa shape index (κ1) is 25.4. The molecule has 1 saturated heterocycles. The van der Waals surface area contributed by atoms with Gasteiger partial charge in [0, 0.05) is 31.4 Å². The van der Waals surface area contributed by atoms with Crippen LogP contribution in [0.5, 0.6) is 5.75 Å². The Morgan fingerprint density at radius 3 is 2.74 bits per heavy atom. The van der Waals surface area contributed by atoms with Crippen molar-refractivity contribution in [3.63, 3.8) is 0 Å². The van der Waals surface area contributed by atoms with Gasteiger partial charge in [0.1, 0.15) is 11.6 Å². The maximum atomic E-state index is 13.9. The Hall–Kier alpha value is -3.21. The minimum Gasteiger partial charge on any atom is -0.496 e. The number of amides is 1. The van der Waals surface area contributed by atoms with E-state index < -0.39 is 11.7 Å². The Labute approximate surface area is 203 Å².